The Hall–Kier alpha value is -1.49. The zero-order valence-electron chi connectivity index (χ0n) is 10.2. The van der Waals surface area contributed by atoms with Gasteiger partial charge in [0.2, 0.25) is 11.8 Å². The van der Waals surface area contributed by atoms with E-state index in [-0.39, 0.29) is 0 Å². The highest BCUT2D eigenvalue weighted by Gasteiger charge is 2.11. The fraction of sp³-hybridized carbons (Fsp3) is 0.583. The molecule has 94 valence electrons. The second-order valence-electron chi connectivity index (χ2n) is 4.15. The third-order valence-corrected chi connectivity index (χ3v) is 2.92. The number of rotatable bonds is 5. The van der Waals surface area contributed by atoms with E-state index >= 15 is 0 Å². The molecule has 1 saturated heterocycles. The summed E-state index contributed by atoms with van der Waals surface area (Å²) in [5, 5.41) is 0. The Balaban J connectivity index is 1.84. The summed E-state index contributed by atoms with van der Waals surface area (Å²) in [6, 6.07) is 3.47. The molecule has 0 amide bonds. The van der Waals surface area contributed by atoms with Crippen molar-refractivity contribution in [1.82, 2.24) is 9.88 Å². The Morgan fingerprint density at radius 3 is 2.82 bits per heavy atom. The first kappa shape index (κ1) is 12.0. The van der Waals surface area contributed by atoms with E-state index < -0.39 is 0 Å². The Morgan fingerprint density at radius 1 is 1.35 bits per heavy atom. The Bertz CT molecular complexity index is 365. The lowest BCUT2D eigenvalue weighted by Gasteiger charge is -2.15. The molecular weight excluding hydrogens is 218 g/mol. The zero-order chi connectivity index (χ0) is 12.1. The van der Waals surface area contributed by atoms with Crippen LogP contribution in [0.15, 0.2) is 12.1 Å². The highest BCUT2D eigenvalue weighted by molar-refractivity contribution is 5.49. The molecule has 17 heavy (non-hydrogen) atoms. The maximum Gasteiger partial charge on any atom is 0.240 e. The molecule has 0 atom stereocenters. The summed E-state index contributed by atoms with van der Waals surface area (Å²) in [7, 11) is 1.58. The Kier molecular flexibility index (Phi) is 4.03. The first-order chi connectivity index (χ1) is 8.29. The molecule has 1 aliphatic heterocycles. The van der Waals surface area contributed by atoms with E-state index in [1.54, 1.807) is 19.2 Å². The lowest BCUT2D eigenvalue weighted by molar-refractivity contribution is 0.231. The average Bonchev–Trinajstić information content (AvgIpc) is 2.84. The molecule has 1 aliphatic rings. The lowest BCUT2D eigenvalue weighted by atomic mass is 10.4. The Labute approximate surface area is 102 Å². The molecule has 0 aromatic carbocycles. The number of pyridine rings is 1. The molecule has 0 radical (unpaired) electrons. The summed E-state index contributed by atoms with van der Waals surface area (Å²) in [6.07, 6.45) is 2.58. The van der Waals surface area contributed by atoms with Crippen molar-refractivity contribution in [2.24, 2.45) is 0 Å². The second kappa shape index (κ2) is 5.72. The number of methoxy groups -OCH3 is 1. The van der Waals surface area contributed by atoms with Crippen molar-refractivity contribution in [3.05, 3.63) is 12.1 Å². The summed E-state index contributed by atoms with van der Waals surface area (Å²) >= 11 is 0. The lowest BCUT2D eigenvalue weighted by Crippen LogP contribution is -2.25. The average molecular weight is 237 g/mol. The van der Waals surface area contributed by atoms with Gasteiger partial charge in [-0.2, -0.15) is 4.98 Å². The van der Waals surface area contributed by atoms with E-state index in [1.807, 2.05) is 0 Å². The van der Waals surface area contributed by atoms with Gasteiger partial charge in [0.15, 0.2) is 0 Å². The first-order valence-electron chi connectivity index (χ1n) is 5.95. The standard InChI is InChI=1S/C12H19N3O2/c1-16-11-5-4-10(13)12(14-11)17-9-8-15-6-2-3-7-15/h4-5H,2-3,6-9,13H2,1H3. The van der Waals surface area contributed by atoms with E-state index in [0.29, 0.717) is 24.1 Å². The van der Waals surface area contributed by atoms with Crippen LogP contribution in [0.2, 0.25) is 0 Å². The van der Waals surface area contributed by atoms with Gasteiger partial charge in [0.25, 0.3) is 0 Å². The SMILES string of the molecule is COc1ccc(N)c(OCCN2CCCC2)n1. The van der Waals surface area contributed by atoms with E-state index in [9.17, 15) is 0 Å². The minimum atomic E-state index is 0.462. The van der Waals surface area contributed by atoms with Crippen molar-refractivity contribution < 1.29 is 9.47 Å². The quantitative estimate of drug-likeness (QED) is 0.832. The first-order valence-corrected chi connectivity index (χ1v) is 5.95. The van der Waals surface area contributed by atoms with Gasteiger partial charge in [-0.1, -0.05) is 0 Å². The summed E-state index contributed by atoms with van der Waals surface area (Å²) in [6.45, 7) is 3.89. The Morgan fingerprint density at radius 2 is 2.12 bits per heavy atom. The van der Waals surface area contributed by atoms with Crippen LogP contribution in [-0.2, 0) is 0 Å². The van der Waals surface area contributed by atoms with Crippen molar-refractivity contribution >= 4 is 5.69 Å². The van der Waals surface area contributed by atoms with Crippen LogP contribution in [0.4, 0.5) is 5.69 Å². The van der Waals surface area contributed by atoms with E-state index in [4.69, 9.17) is 15.2 Å². The molecule has 5 heteroatoms. The van der Waals surface area contributed by atoms with Crippen molar-refractivity contribution in [2.45, 2.75) is 12.8 Å². The maximum atomic E-state index is 5.78. The summed E-state index contributed by atoms with van der Waals surface area (Å²) in [4.78, 5) is 6.55. The van der Waals surface area contributed by atoms with Crippen molar-refractivity contribution in [3.8, 4) is 11.8 Å². The molecule has 1 aromatic heterocycles. The van der Waals surface area contributed by atoms with Gasteiger partial charge in [-0.25, -0.2) is 0 Å². The topological polar surface area (TPSA) is 60.6 Å². The maximum absolute atomic E-state index is 5.78. The van der Waals surface area contributed by atoms with Crippen LogP contribution < -0.4 is 15.2 Å². The van der Waals surface area contributed by atoms with Gasteiger partial charge >= 0.3 is 0 Å². The van der Waals surface area contributed by atoms with Crippen LogP contribution in [0.5, 0.6) is 11.8 Å². The van der Waals surface area contributed by atoms with E-state index in [2.05, 4.69) is 9.88 Å². The van der Waals surface area contributed by atoms with Crippen LogP contribution >= 0.6 is 0 Å². The molecule has 0 unspecified atom stereocenters. The molecule has 1 fully saturated rings. The fourth-order valence-electron chi connectivity index (χ4n) is 1.94. The summed E-state index contributed by atoms with van der Waals surface area (Å²) in [5.41, 5.74) is 6.33. The third-order valence-electron chi connectivity index (χ3n) is 2.92. The highest BCUT2D eigenvalue weighted by Crippen LogP contribution is 2.21. The van der Waals surface area contributed by atoms with E-state index in [0.717, 1.165) is 6.54 Å². The number of nitrogen functional groups attached to an aromatic ring is 1. The van der Waals surface area contributed by atoms with Crippen LogP contribution in [0.3, 0.4) is 0 Å². The van der Waals surface area contributed by atoms with Crippen molar-refractivity contribution in [1.29, 1.82) is 0 Å². The number of hydrogen-bond acceptors (Lipinski definition) is 5. The minimum Gasteiger partial charge on any atom is -0.481 e. The molecule has 0 bridgehead atoms. The molecular formula is C12H19N3O2. The highest BCUT2D eigenvalue weighted by atomic mass is 16.5. The molecule has 5 nitrogen and oxygen atoms in total. The third kappa shape index (κ3) is 3.23. The molecule has 1 aromatic rings. The van der Waals surface area contributed by atoms with Gasteiger partial charge in [0.05, 0.1) is 12.8 Å². The zero-order valence-corrected chi connectivity index (χ0v) is 10.2. The predicted octanol–water partition coefficient (Wildman–Crippen LogP) is 1.15. The van der Waals surface area contributed by atoms with Crippen LogP contribution in [-0.4, -0.2) is 43.2 Å². The largest absolute Gasteiger partial charge is 0.481 e. The number of likely N-dealkylation sites (tertiary alicyclic amines) is 1. The predicted molar refractivity (Wildman–Crippen MR) is 66.4 cm³/mol. The molecule has 0 spiro atoms. The minimum absolute atomic E-state index is 0.462. The van der Waals surface area contributed by atoms with Gasteiger partial charge < -0.3 is 15.2 Å². The normalized spacial score (nSPS) is 16.1. The summed E-state index contributed by atoms with van der Waals surface area (Å²) < 4.78 is 10.6. The van der Waals surface area contributed by atoms with Crippen LogP contribution in [0.1, 0.15) is 12.8 Å². The fourth-order valence-corrected chi connectivity index (χ4v) is 1.94. The van der Waals surface area contributed by atoms with Crippen LogP contribution in [0, 0.1) is 0 Å². The monoisotopic (exact) mass is 237 g/mol. The molecule has 2 rings (SSSR count). The van der Waals surface area contributed by atoms with Crippen molar-refractivity contribution in [3.63, 3.8) is 0 Å². The number of aromatic nitrogens is 1. The van der Waals surface area contributed by atoms with Gasteiger partial charge in [-0.05, 0) is 32.0 Å². The molecule has 0 aliphatic carbocycles. The van der Waals surface area contributed by atoms with Gasteiger partial charge in [-0.15, -0.1) is 0 Å². The number of anilines is 1. The molecule has 0 saturated carbocycles. The van der Waals surface area contributed by atoms with Gasteiger partial charge in [0, 0.05) is 12.6 Å². The molecule has 2 heterocycles. The number of ether oxygens (including phenoxy) is 2. The number of nitrogens with two attached hydrogens (primary N) is 1. The number of hydrogen-bond donors (Lipinski definition) is 1. The van der Waals surface area contributed by atoms with Crippen LogP contribution in [0.25, 0.3) is 0 Å². The summed E-state index contributed by atoms with van der Waals surface area (Å²) in [5.74, 6) is 0.985. The second-order valence-corrected chi connectivity index (χ2v) is 4.15. The van der Waals surface area contributed by atoms with Gasteiger partial charge in [0.1, 0.15) is 6.61 Å². The molecule has 2 N–H and O–H groups in total. The van der Waals surface area contributed by atoms with Gasteiger partial charge in [-0.3, -0.25) is 4.90 Å². The van der Waals surface area contributed by atoms with Crippen molar-refractivity contribution in [2.75, 3.05) is 39.1 Å². The number of nitrogens with zero attached hydrogens (tertiary/aromatic N) is 2. The van der Waals surface area contributed by atoms with E-state index in [1.165, 1.54) is 25.9 Å². The smallest absolute Gasteiger partial charge is 0.240 e.